The van der Waals surface area contributed by atoms with Gasteiger partial charge >= 0.3 is 0 Å². The van der Waals surface area contributed by atoms with Gasteiger partial charge in [0.25, 0.3) is 0 Å². The minimum absolute atomic E-state index is 0.389. The van der Waals surface area contributed by atoms with Crippen LogP contribution in [0, 0.1) is 11.3 Å². The molecule has 3 rings (SSSR count). The summed E-state index contributed by atoms with van der Waals surface area (Å²) in [5.41, 5.74) is 0.389. The van der Waals surface area contributed by atoms with Crippen LogP contribution in [0.4, 0.5) is 0 Å². The molecule has 19 heavy (non-hydrogen) atoms. The van der Waals surface area contributed by atoms with Crippen molar-refractivity contribution in [2.45, 2.75) is 58.0 Å². The van der Waals surface area contributed by atoms with Crippen LogP contribution in [0.2, 0.25) is 0 Å². The molecule has 1 saturated heterocycles. The van der Waals surface area contributed by atoms with Crippen molar-refractivity contribution in [3.8, 4) is 0 Å². The van der Waals surface area contributed by atoms with Crippen molar-refractivity contribution in [1.29, 1.82) is 0 Å². The van der Waals surface area contributed by atoms with Crippen LogP contribution < -0.4 is 5.32 Å². The van der Waals surface area contributed by atoms with Gasteiger partial charge < -0.3 is 10.1 Å². The number of nitrogens with zero attached hydrogens (tertiary/aromatic N) is 1. The number of hydrogen-bond donors (Lipinski definition) is 1. The molecule has 2 saturated carbocycles. The molecule has 0 bridgehead atoms. The van der Waals surface area contributed by atoms with Crippen LogP contribution in [0.5, 0.6) is 0 Å². The van der Waals surface area contributed by atoms with Crippen molar-refractivity contribution in [3.05, 3.63) is 0 Å². The summed E-state index contributed by atoms with van der Waals surface area (Å²) in [6.07, 6.45) is 6.85. The Labute approximate surface area is 118 Å². The predicted octanol–water partition coefficient (Wildman–Crippen LogP) is 2.27. The fourth-order valence-electron chi connectivity index (χ4n) is 3.30. The third-order valence-electron chi connectivity index (χ3n) is 4.73. The number of ether oxygens (including phenoxy) is 1. The molecule has 0 aromatic heterocycles. The fraction of sp³-hybridized carbons (Fsp3) is 1.00. The molecule has 110 valence electrons. The molecule has 0 aromatic carbocycles. The first-order valence-corrected chi connectivity index (χ1v) is 8.22. The molecule has 0 amide bonds. The number of hydrogen-bond acceptors (Lipinski definition) is 3. The first-order chi connectivity index (χ1) is 9.17. The molecule has 1 atom stereocenters. The Hall–Kier alpha value is -0.120. The molecule has 3 aliphatic rings. The summed E-state index contributed by atoms with van der Waals surface area (Å²) in [4.78, 5) is 2.76. The van der Waals surface area contributed by atoms with Gasteiger partial charge in [0.05, 0.1) is 6.61 Å². The Bertz CT molecular complexity index is 291. The second-order valence-electron chi connectivity index (χ2n) is 7.51. The van der Waals surface area contributed by atoms with E-state index in [0.717, 1.165) is 31.2 Å². The van der Waals surface area contributed by atoms with Gasteiger partial charge in [-0.25, -0.2) is 0 Å². The van der Waals surface area contributed by atoms with Crippen LogP contribution in [0.25, 0.3) is 0 Å². The lowest BCUT2D eigenvalue weighted by molar-refractivity contribution is 0.0976. The van der Waals surface area contributed by atoms with Crippen LogP contribution in [-0.4, -0.2) is 49.8 Å². The summed E-state index contributed by atoms with van der Waals surface area (Å²) in [6, 6.07) is 1.69. The third-order valence-corrected chi connectivity index (χ3v) is 4.73. The zero-order chi connectivity index (χ0) is 13.3. The van der Waals surface area contributed by atoms with E-state index in [-0.39, 0.29) is 0 Å². The second kappa shape index (κ2) is 5.71. The molecule has 1 unspecified atom stereocenters. The van der Waals surface area contributed by atoms with Crippen LogP contribution in [-0.2, 0) is 4.74 Å². The van der Waals surface area contributed by atoms with Crippen LogP contribution in [0.3, 0.4) is 0 Å². The first-order valence-electron chi connectivity index (χ1n) is 8.22. The van der Waals surface area contributed by atoms with Gasteiger partial charge in [0.15, 0.2) is 0 Å². The lowest BCUT2D eigenvalue weighted by atomic mass is 9.86. The van der Waals surface area contributed by atoms with Crippen LogP contribution in [0.15, 0.2) is 0 Å². The van der Waals surface area contributed by atoms with Gasteiger partial charge in [0, 0.05) is 43.7 Å². The van der Waals surface area contributed by atoms with Crippen molar-refractivity contribution in [1.82, 2.24) is 10.2 Å². The van der Waals surface area contributed by atoms with Gasteiger partial charge in [-0.15, -0.1) is 0 Å². The van der Waals surface area contributed by atoms with E-state index in [0.29, 0.717) is 5.41 Å². The monoisotopic (exact) mass is 266 g/mol. The molecule has 3 fully saturated rings. The Morgan fingerprint density at radius 1 is 1.26 bits per heavy atom. The highest BCUT2D eigenvalue weighted by Crippen LogP contribution is 2.35. The summed E-state index contributed by atoms with van der Waals surface area (Å²) in [6.45, 7) is 10.3. The summed E-state index contributed by atoms with van der Waals surface area (Å²) < 4.78 is 5.75. The average Bonchev–Trinajstić information content (AvgIpc) is 3.26. The Morgan fingerprint density at radius 3 is 2.58 bits per heavy atom. The zero-order valence-corrected chi connectivity index (χ0v) is 12.7. The second-order valence-corrected chi connectivity index (χ2v) is 7.51. The van der Waals surface area contributed by atoms with E-state index in [9.17, 15) is 0 Å². The molecule has 0 spiro atoms. The first kappa shape index (κ1) is 13.8. The van der Waals surface area contributed by atoms with E-state index >= 15 is 0 Å². The summed E-state index contributed by atoms with van der Waals surface area (Å²) >= 11 is 0. The van der Waals surface area contributed by atoms with Crippen molar-refractivity contribution in [2.75, 3.05) is 32.8 Å². The molecule has 0 aromatic rings. The Morgan fingerprint density at radius 2 is 2.05 bits per heavy atom. The van der Waals surface area contributed by atoms with Crippen molar-refractivity contribution in [2.24, 2.45) is 11.3 Å². The highest BCUT2D eigenvalue weighted by atomic mass is 16.5. The minimum Gasteiger partial charge on any atom is -0.381 e. The summed E-state index contributed by atoms with van der Waals surface area (Å²) in [5, 5.41) is 3.75. The van der Waals surface area contributed by atoms with Gasteiger partial charge in [0.1, 0.15) is 0 Å². The maximum atomic E-state index is 5.75. The van der Waals surface area contributed by atoms with E-state index in [1.165, 1.54) is 51.7 Å². The predicted molar refractivity (Wildman–Crippen MR) is 78.3 cm³/mol. The molecule has 1 heterocycles. The van der Waals surface area contributed by atoms with E-state index in [1.54, 1.807) is 0 Å². The molecule has 1 aliphatic heterocycles. The lowest BCUT2D eigenvalue weighted by Crippen LogP contribution is -2.47. The van der Waals surface area contributed by atoms with Crippen molar-refractivity contribution >= 4 is 0 Å². The minimum atomic E-state index is 0.389. The molecular formula is C16H30N2O. The summed E-state index contributed by atoms with van der Waals surface area (Å²) in [7, 11) is 0. The van der Waals surface area contributed by atoms with E-state index in [2.05, 4.69) is 24.1 Å². The largest absolute Gasteiger partial charge is 0.381 e. The zero-order valence-electron chi connectivity index (χ0n) is 12.7. The van der Waals surface area contributed by atoms with Crippen molar-refractivity contribution in [3.63, 3.8) is 0 Å². The number of nitrogens with one attached hydrogen (secondary N) is 1. The van der Waals surface area contributed by atoms with Gasteiger partial charge in [-0.1, -0.05) is 13.8 Å². The SMILES string of the molecule is CC(C)CN(CC1(CNC2CC2)CCOC1)C1CC1. The van der Waals surface area contributed by atoms with Crippen molar-refractivity contribution < 1.29 is 4.74 Å². The highest BCUT2D eigenvalue weighted by molar-refractivity contribution is 4.95. The molecule has 3 nitrogen and oxygen atoms in total. The molecular weight excluding hydrogens is 236 g/mol. The quantitative estimate of drug-likeness (QED) is 0.729. The van der Waals surface area contributed by atoms with Crippen LogP contribution in [0.1, 0.15) is 46.0 Å². The normalized spacial score (nSPS) is 31.6. The Kier molecular flexibility index (Phi) is 4.16. The molecule has 3 heteroatoms. The van der Waals surface area contributed by atoms with Gasteiger partial charge in [-0.2, -0.15) is 0 Å². The topological polar surface area (TPSA) is 24.5 Å². The molecule has 0 radical (unpaired) electrons. The maximum absolute atomic E-state index is 5.75. The molecule has 1 N–H and O–H groups in total. The average molecular weight is 266 g/mol. The molecule has 2 aliphatic carbocycles. The Balaban J connectivity index is 1.57. The lowest BCUT2D eigenvalue weighted by Gasteiger charge is -2.35. The van der Waals surface area contributed by atoms with Gasteiger partial charge in [-0.05, 0) is 38.0 Å². The summed E-state index contributed by atoms with van der Waals surface area (Å²) in [5.74, 6) is 0.774. The van der Waals surface area contributed by atoms with Gasteiger partial charge in [0.2, 0.25) is 0 Å². The smallest absolute Gasteiger partial charge is 0.0547 e. The maximum Gasteiger partial charge on any atom is 0.0547 e. The van der Waals surface area contributed by atoms with Crippen LogP contribution >= 0.6 is 0 Å². The number of rotatable bonds is 8. The fourth-order valence-corrected chi connectivity index (χ4v) is 3.30. The van der Waals surface area contributed by atoms with E-state index in [4.69, 9.17) is 4.74 Å². The van der Waals surface area contributed by atoms with E-state index in [1.807, 2.05) is 0 Å². The van der Waals surface area contributed by atoms with E-state index < -0.39 is 0 Å². The van der Waals surface area contributed by atoms with Gasteiger partial charge in [-0.3, -0.25) is 4.90 Å². The third kappa shape index (κ3) is 3.93. The highest BCUT2D eigenvalue weighted by Gasteiger charge is 2.41. The standard InChI is InChI=1S/C16H30N2O/c1-13(2)9-18(15-5-6-15)11-16(7-8-19-12-16)10-17-14-3-4-14/h13-15,17H,3-12H2,1-2H3.